The number of rotatable bonds is 7. The van der Waals surface area contributed by atoms with Gasteiger partial charge in [0.25, 0.3) is 0 Å². The first-order valence-electron chi connectivity index (χ1n) is 13.9. The molecule has 0 aliphatic carbocycles. The first-order chi connectivity index (χ1) is 20.4. The van der Waals surface area contributed by atoms with Crippen molar-refractivity contribution in [3.63, 3.8) is 0 Å². The molecule has 42 heavy (non-hydrogen) atoms. The van der Waals surface area contributed by atoms with Crippen LogP contribution in [-0.2, 0) is 17.9 Å². The molecule has 1 saturated heterocycles. The second-order valence-corrected chi connectivity index (χ2v) is 10.3. The first kappa shape index (κ1) is 30.7. The number of nitrogens with two attached hydrogens (primary N) is 1. The second kappa shape index (κ2) is 14.6. The quantitative estimate of drug-likeness (QED) is 0.177. The molecule has 4 aromatic heterocycles. The van der Waals surface area contributed by atoms with Gasteiger partial charge in [0, 0.05) is 24.5 Å². The van der Waals surface area contributed by atoms with Crippen molar-refractivity contribution in [3.05, 3.63) is 72.1 Å². The standard InChI is InChI=1S/C21H24N8OS.C6H5F2N.C2H6/c1-15-12-29-18(16-10-23-28(13-16)7-8-30)11-22-21(29)20(24-15)25-19-9-17(26-31-19)14-27-5-3-2-4-6-27;7-4-2-1-3-5(9)6(4)8;1-2/h8-13H,2-7,14H2,1H3,(H,24,25);1-3H,9H2;1-2H3. The SMILES string of the molecule is CC.Cc1cn2c(-c3cnn(CC=O)c3)cnc2c(Nc2cc(CN3CCCCC3)ns2)n1.Nc1cccc(F)c1F. The highest BCUT2D eigenvalue weighted by Gasteiger charge is 2.16. The Balaban J connectivity index is 0.000000313. The number of carbonyl (C=O) groups excluding carboxylic acids is 1. The normalized spacial score (nSPS) is 13.2. The highest BCUT2D eigenvalue weighted by molar-refractivity contribution is 7.10. The van der Waals surface area contributed by atoms with Crippen LogP contribution in [0.15, 0.2) is 49.1 Å². The average Bonchev–Trinajstić information content (AvgIpc) is 3.74. The van der Waals surface area contributed by atoms with Gasteiger partial charge in [-0.3, -0.25) is 14.0 Å². The van der Waals surface area contributed by atoms with Gasteiger partial charge in [-0.05, 0) is 62.6 Å². The molecular weight excluding hydrogens is 560 g/mol. The molecule has 10 nitrogen and oxygen atoms in total. The third-order valence-corrected chi connectivity index (χ3v) is 7.16. The number of imidazole rings is 1. The van der Waals surface area contributed by atoms with Crippen molar-refractivity contribution in [1.29, 1.82) is 0 Å². The molecular formula is C29H35F2N9OS. The van der Waals surface area contributed by atoms with Crippen molar-refractivity contribution in [2.24, 2.45) is 0 Å². The third kappa shape index (κ3) is 7.53. The van der Waals surface area contributed by atoms with Crippen molar-refractivity contribution in [2.45, 2.75) is 53.1 Å². The Morgan fingerprint density at radius 2 is 1.90 bits per heavy atom. The summed E-state index contributed by atoms with van der Waals surface area (Å²) in [6.45, 7) is 9.39. The fraction of sp³-hybridized carbons (Fsp3) is 0.345. The van der Waals surface area contributed by atoms with E-state index in [1.54, 1.807) is 17.1 Å². The number of nitrogen functional groups attached to an aromatic ring is 1. The minimum atomic E-state index is -0.975. The number of aromatic nitrogens is 6. The van der Waals surface area contributed by atoms with E-state index in [0.29, 0.717) is 5.82 Å². The molecule has 1 aliphatic heterocycles. The largest absolute Gasteiger partial charge is 0.396 e. The Labute approximate surface area is 247 Å². The maximum atomic E-state index is 12.2. The van der Waals surface area contributed by atoms with Crippen molar-refractivity contribution in [2.75, 3.05) is 24.1 Å². The lowest BCUT2D eigenvalue weighted by Gasteiger charge is -2.25. The summed E-state index contributed by atoms with van der Waals surface area (Å²) in [5, 5.41) is 8.60. The summed E-state index contributed by atoms with van der Waals surface area (Å²) in [6.07, 6.45) is 12.1. The predicted molar refractivity (Wildman–Crippen MR) is 162 cm³/mol. The number of piperidine rings is 1. The van der Waals surface area contributed by atoms with E-state index < -0.39 is 11.6 Å². The molecule has 0 radical (unpaired) electrons. The number of hydrogen-bond donors (Lipinski definition) is 2. The van der Waals surface area contributed by atoms with E-state index in [-0.39, 0.29) is 12.2 Å². The number of nitrogens with one attached hydrogen (secondary N) is 1. The highest BCUT2D eigenvalue weighted by Crippen LogP contribution is 2.28. The summed E-state index contributed by atoms with van der Waals surface area (Å²) >= 11 is 1.45. The molecule has 1 aromatic carbocycles. The number of nitrogens with zero attached hydrogens (tertiary/aromatic N) is 7. The maximum absolute atomic E-state index is 12.2. The van der Waals surface area contributed by atoms with Crippen molar-refractivity contribution >= 4 is 40.0 Å². The first-order valence-corrected chi connectivity index (χ1v) is 14.6. The van der Waals surface area contributed by atoms with Crippen LogP contribution in [0.3, 0.4) is 0 Å². The number of carbonyl (C=O) groups is 1. The molecule has 0 bridgehead atoms. The monoisotopic (exact) mass is 595 g/mol. The average molecular weight is 596 g/mol. The number of aldehydes is 1. The number of fused-ring (bicyclic) bond motifs is 1. The molecule has 13 heteroatoms. The van der Waals surface area contributed by atoms with Crippen LogP contribution in [0.2, 0.25) is 0 Å². The van der Waals surface area contributed by atoms with Gasteiger partial charge < -0.3 is 15.8 Å². The van der Waals surface area contributed by atoms with E-state index in [4.69, 9.17) is 5.73 Å². The predicted octanol–water partition coefficient (Wildman–Crippen LogP) is 5.86. The molecule has 6 rings (SSSR count). The number of benzene rings is 1. The summed E-state index contributed by atoms with van der Waals surface area (Å²) in [7, 11) is 0. The second-order valence-electron chi connectivity index (χ2n) is 9.47. The summed E-state index contributed by atoms with van der Waals surface area (Å²) < 4.78 is 32.6. The lowest BCUT2D eigenvalue weighted by Crippen LogP contribution is -2.29. The molecule has 0 spiro atoms. The number of hydrogen-bond acceptors (Lipinski definition) is 9. The topological polar surface area (TPSA) is 119 Å². The molecule has 0 atom stereocenters. The third-order valence-electron chi connectivity index (χ3n) is 6.42. The van der Waals surface area contributed by atoms with Gasteiger partial charge in [0.05, 0.1) is 41.7 Å². The Kier molecular flexibility index (Phi) is 10.7. The fourth-order valence-corrected chi connectivity index (χ4v) is 5.16. The number of halogens is 2. The van der Waals surface area contributed by atoms with E-state index in [0.717, 1.165) is 65.3 Å². The molecule has 222 valence electrons. The van der Waals surface area contributed by atoms with E-state index in [1.807, 2.05) is 37.6 Å². The lowest BCUT2D eigenvalue weighted by molar-refractivity contribution is -0.108. The summed E-state index contributed by atoms with van der Waals surface area (Å²) in [6, 6.07) is 5.78. The zero-order valence-electron chi connectivity index (χ0n) is 23.9. The molecule has 5 aromatic rings. The van der Waals surface area contributed by atoms with Crippen molar-refractivity contribution in [3.8, 4) is 11.3 Å². The van der Waals surface area contributed by atoms with Crippen LogP contribution < -0.4 is 11.1 Å². The van der Waals surface area contributed by atoms with Crippen LogP contribution in [0.5, 0.6) is 0 Å². The van der Waals surface area contributed by atoms with E-state index in [1.165, 1.54) is 42.9 Å². The van der Waals surface area contributed by atoms with Gasteiger partial charge in [-0.2, -0.15) is 9.47 Å². The Hall–Kier alpha value is -4.23. The van der Waals surface area contributed by atoms with Crippen LogP contribution in [0.4, 0.5) is 25.3 Å². The van der Waals surface area contributed by atoms with E-state index in [2.05, 4.69) is 35.7 Å². The lowest BCUT2D eigenvalue weighted by atomic mass is 10.1. The van der Waals surface area contributed by atoms with Crippen LogP contribution >= 0.6 is 11.5 Å². The van der Waals surface area contributed by atoms with Gasteiger partial charge in [-0.15, -0.1) is 0 Å². The Morgan fingerprint density at radius 1 is 1.12 bits per heavy atom. The highest BCUT2D eigenvalue weighted by atomic mass is 32.1. The van der Waals surface area contributed by atoms with Crippen molar-refractivity contribution in [1.82, 2.24) is 33.4 Å². The van der Waals surface area contributed by atoms with Crippen LogP contribution in [-0.4, -0.2) is 52.8 Å². The van der Waals surface area contributed by atoms with Gasteiger partial charge in [-0.1, -0.05) is 26.3 Å². The van der Waals surface area contributed by atoms with Gasteiger partial charge in [0.1, 0.15) is 11.3 Å². The number of likely N-dealkylation sites (tertiary alicyclic amines) is 1. The van der Waals surface area contributed by atoms with E-state index in [9.17, 15) is 13.6 Å². The van der Waals surface area contributed by atoms with Gasteiger partial charge in [0.2, 0.25) is 0 Å². The summed E-state index contributed by atoms with van der Waals surface area (Å²) in [4.78, 5) is 22.5. The number of aryl methyl sites for hydroxylation is 1. The molecule has 5 heterocycles. The van der Waals surface area contributed by atoms with Gasteiger partial charge in [0.15, 0.2) is 23.1 Å². The minimum Gasteiger partial charge on any atom is -0.396 e. The number of anilines is 3. The Bertz CT molecular complexity index is 1590. The molecule has 3 N–H and O–H groups in total. The summed E-state index contributed by atoms with van der Waals surface area (Å²) in [5.41, 5.74) is 9.33. The zero-order valence-corrected chi connectivity index (χ0v) is 24.7. The molecule has 1 aliphatic rings. The minimum absolute atomic E-state index is 0.157. The summed E-state index contributed by atoms with van der Waals surface area (Å²) in [5.74, 6) is -1.19. The fourth-order valence-electron chi connectivity index (χ4n) is 4.51. The van der Waals surface area contributed by atoms with Crippen LogP contribution in [0, 0.1) is 18.6 Å². The Morgan fingerprint density at radius 3 is 2.62 bits per heavy atom. The zero-order chi connectivity index (χ0) is 30.1. The van der Waals surface area contributed by atoms with E-state index >= 15 is 0 Å². The van der Waals surface area contributed by atoms with Crippen LogP contribution in [0.1, 0.15) is 44.5 Å². The molecule has 1 fully saturated rings. The van der Waals surface area contributed by atoms with Gasteiger partial charge in [-0.25, -0.2) is 18.7 Å². The van der Waals surface area contributed by atoms with Crippen molar-refractivity contribution < 1.29 is 13.6 Å². The molecule has 0 unspecified atom stereocenters. The molecule has 0 amide bonds. The van der Waals surface area contributed by atoms with Gasteiger partial charge >= 0.3 is 0 Å². The maximum Gasteiger partial charge on any atom is 0.181 e. The van der Waals surface area contributed by atoms with Crippen LogP contribution in [0.25, 0.3) is 16.9 Å². The smallest absolute Gasteiger partial charge is 0.181 e. The molecule has 0 saturated carbocycles.